The first-order chi connectivity index (χ1) is 8.54. The highest BCUT2D eigenvalue weighted by Gasteiger charge is 2.05. The largest absolute Gasteiger partial charge is 0.377 e. The molecule has 0 fully saturated rings. The van der Waals surface area contributed by atoms with Crippen molar-refractivity contribution in [3.63, 3.8) is 0 Å². The number of nitrogens with zero attached hydrogens (tertiary/aromatic N) is 1. The fraction of sp³-hybridized carbons (Fsp3) is 0.600. The highest BCUT2D eigenvalue weighted by molar-refractivity contribution is 5.47. The molecule has 2 N–H and O–H groups in total. The van der Waals surface area contributed by atoms with Gasteiger partial charge in [0, 0.05) is 25.3 Å². The van der Waals surface area contributed by atoms with E-state index in [9.17, 15) is 0 Å². The molecule has 0 amide bonds. The summed E-state index contributed by atoms with van der Waals surface area (Å²) in [5.41, 5.74) is 8.41. The second kappa shape index (κ2) is 7.39. The highest BCUT2D eigenvalue weighted by atomic mass is 16.5. The van der Waals surface area contributed by atoms with Gasteiger partial charge in [0.1, 0.15) is 0 Å². The van der Waals surface area contributed by atoms with Crippen LogP contribution in [0.4, 0.5) is 5.69 Å². The van der Waals surface area contributed by atoms with Gasteiger partial charge in [-0.25, -0.2) is 0 Å². The minimum absolute atomic E-state index is 0.147. The molecule has 0 radical (unpaired) electrons. The lowest BCUT2D eigenvalue weighted by Crippen LogP contribution is -2.23. The zero-order chi connectivity index (χ0) is 13.5. The molecule has 0 aromatic heterocycles. The number of rotatable bonds is 7. The standard InChI is InChI=1S/C15H26N2O/c1-5-15(16)13-6-8-14(9-7-13)17(4)10-11-18-12(2)3/h6-9,12,15H,5,10-11,16H2,1-4H3/t15-/m1/s1. The van der Waals surface area contributed by atoms with Crippen LogP contribution in [0.3, 0.4) is 0 Å². The van der Waals surface area contributed by atoms with Crippen molar-refractivity contribution in [2.45, 2.75) is 39.3 Å². The van der Waals surface area contributed by atoms with Crippen molar-refractivity contribution in [2.24, 2.45) is 5.73 Å². The Balaban J connectivity index is 2.51. The van der Waals surface area contributed by atoms with Crippen LogP contribution < -0.4 is 10.6 Å². The predicted molar refractivity (Wildman–Crippen MR) is 78.0 cm³/mol. The van der Waals surface area contributed by atoms with Gasteiger partial charge in [0.05, 0.1) is 12.7 Å². The number of benzene rings is 1. The molecule has 0 aliphatic rings. The zero-order valence-corrected chi connectivity index (χ0v) is 12.0. The van der Waals surface area contributed by atoms with E-state index in [1.807, 2.05) is 0 Å². The maximum absolute atomic E-state index is 6.00. The number of hydrogen-bond donors (Lipinski definition) is 1. The van der Waals surface area contributed by atoms with E-state index in [1.165, 1.54) is 11.3 Å². The molecule has 1 atom stereocenters. The lowest BCUT2D eigenvalue weighted by molar-refractivity contribution is 0.0846. The molecular formula is C15H26N2O. The summed E-state index contributed by atoms with van der Waals surface area (Å²) in [6, 6.07) is 8.63. The summed E-state index contributed by atoms with van der Waals surface area (Å²) < 4.78 is 5.55. The van der Waals surface area contributed by atoms with E-state index in [0.717, 1.165) is 19.6 Å². The van der Waals surface area contributed by atoms with E-state index in [4.69, 9.17) is 10.5 Å². The van der Waals surface area contributed by atoms with E-state index >= 15 is 0 Å². The van der Waals surface area contributed by atoms with Crippen molar-refractivity contribution in [1.29, 1.82) is 0 Å². The number of likely N-dealkylation sites (N-methyl/N-ethyl adjacent to an activating group) is 1. The molecule has 0 spiro atoms. The summed E-state index contributed by atoms with van der Waals surface area (Å²) in [5, 5.41) is 0. The van der Waals surface area contributed by atoms with Crippen LogP contribution in [-0.2, 0) is 4.74 Å². The summed E-state index contributed by atoms with van der Waals surface area (Å²) in [6.07, 6.45) is 1.26. The van der Waals surface area contributed by atoms with Crippen molar-refractivity contribution in [1.82, 2.24) is 0 Å². The van der Waals surface area contributed by atoms with Crippen LogP contribution in [0.15, 0.2) is 24.3 Å². The van der Waals surface area contributed by atoms with Crippen LogP contribution in [-0.4, -0.2) is 26.3 Å². The van der Waals surface area contributed by atoms with E-state index in [1.54, 1.807) is 0 Å². The van der Waals surface area contributed by atoms with Gasteiger partial charge in [-0.05, 0) is 38.0 Å². The van der Waals surface area contributed by atoms with Gasteiger partial charge in [-0.15, -0.1) is 0 Å². The summed E-state index contributed by atoms with van der Waals surface area (Å²) in [7, 11) is 2.08. The fourth-order valence-corrected chi connectivity index (χ4v) is 1.77. The van der Waals surface area contributed by atoms with Crippen LogP contribution in [0.1, 0.15) is 38.8 Å². The molecule has 0 heterocycles. The lowest BCUT2D eigenvalue weighted by Gasteiger charge is -2.21. The van der Waals surface area contributed by atoms with Gasteiger partial charge in [0.15, 0.2) is 0 Å². The van der Waals surface area contributed by atoms with Gasteiger partial charge in [0.25, 0.3) is 0 Å². The Morgan fingerprint density at radius 1 is 1.22 bits per heavy atom. The van der Waals surface area contributed by atoms with Crippen molar-refractivity contribution < 1.29 is 4.74 Å². The van der Waals surface area contributed by atoms with Gasteiger partial charge in [-0.1, -0.05) is 19.1 Å². The molecule has 0 saturated carbocycles. The van der Waals surface area contributed by atoms with Crippen LogP contribution >= 0.6 is 0 Å². The number of hydrogen-bond acceptors (Lipinski definition) is 3. The number of nitrogens with two attached hydrogens (primary N) is 1. The topological polar surface area (TPSA) is 38.5 Å². The molecule has 0 bridgehead atoms. The average molecular weight is 250 g/mol. The smallest absolute Gasteiger partial charge is 0.0644 e. The Morgan fingerprint density at radius 2 is 1.83 bits per heavy atom. The summed E-state index contributed by atoms with van der Waals surface area (Å²) in [5.74, 6) is 0. The normalized spacial score (nSPS) is 12.8. The molecular weight excluding hydrogens is 224 g/mol. The number of ether oxygens (including phenoxy) is 1. The first kappa shape index (κ1) is 15.0. The monoisotopic (exact) mass is 250 g/mol. The highest BCUT2D eigenvalue weighted by Crippen LogP contribution is 2.18. The summed E-state index contributed by atoms with van der Waals surface area (Å²) in [6.45, 7) is 7.87. The first-order valence-electron chi connectivity index (χ1n) is 6.72. The Bertz CT molecular complexity index is 335. The predicted octanol–water partition coefficient (Wildman–Crippen LogP) is 2.96. The number of anilines is 1. The Morgan fingerprint density at radius 3 is 2.33 bits per heavy atom. The van der Waals surface area contributed by atoms with Gasteiger partial charge in [0.2, 0.25) is 0 Å². The minimum atomic E-state index is 0.147. The molecule has 0 saturated heterocycles. The molecule has 102 valence electrons. The Kier molecular flexibility index (Phi) is 6.16. The van der Waals surface area contributed by atoms with Crippen LogP contribution in [0, 0.1) is 0 Å². The van der Waals surface area contributed by atoms with Crippen LogP contribution in [0.5, 0.6) is 0 Å². The van der Waals surface area contributed by atoms with Crippen molar-refractivity contribution in [3.8, 4) is 0 Å². The van der Waals surface area contributed by atoms with E-state index in [-0.39, 0.29) is 6.04 Å². The molecule has 3 heteroatoms. The molecule has 1 rings (SSSR count). The average Bonchev–Trinajstić information content (AvgIpc) is 2.37. The van der Waals surface area contributed by atoms with Gasteiger partial charge >= 0.3 is 0 Å². The molecule has 1 aromatic carbocycles. The molecule has 0 aliphatic carbocycles. The lowest BCUT2D eigenvalue weighted by atomic mass is 10.1. The molecule has 3 nitrogen and oxygen atoms in total. The zero-order valence-electron chi connectivity index (χ0n) is 12.0. The Hall–Kier alpha value is -1.06. The molecule has 0 aliphatic heterocycles. The minimum Gasteiger partial charge on any atom is -0.377 e. The van der Waals surface area contributed by atoms with E-state index in [0.29, 0.717) is 6.10 Å². The van der Waals surface area contributed by atoms with Crippen molar-refractivity contribution in [2.75, 3.05) is 25.1 Å². The third-order valence-electron chi connectivity index (χ3n) is 3.08. The maximum atomic E-state index is 6.00. The van der Waals surface area contributed by atoms with Gasteiger partial charge < -0.3 is 15.4 Å². The molecule has 18 heavy (non-hydrogen) atoms. The van der Waals surface area contributed by atoms with E-state index < -0.39 is 0 Å². The van der Waals surface area contributed by atoms with Gasteiger partial charge in [-0.2, -0.15) is 0 Å². The van der Waals surface area contributed by atoms with Crippen LogP contribution in [0.25, 0.3) is 0 Å². The van der Waals surface area contributed by atoms with Gasteiger partial charge in [-0.3, -0.25) is 0 Å². The molecule has 1 aromatic rings. The van der Waals surface area contributed by atoms with E-state index in [2.05, 4.69) is 57.0 Å². The fourth-order valence-electron chi connectivity index (χ4n) is 1.77. The van der Waals surface area contributed by atoms with Crippen molar-refractivity contribution >= 4 is 5.69 Å². The second-order valence-electron chi connectivity index (χ2n) is 4.95. The first-order valence-corrected chi connectivity index (χ1v) is 6.72. The SMILES string of the molecule is CC[C@@H](N)c1ccc(N(C)CCOC(C)C)cc1. The maximum Gasteiger partial charge on any atom is 0.0644 e. The quantitative estimate of drug-likeness (QED) is 0.808. The van der Waals surface area contributed by atoms with Crippen molar-refractivity contribution in [3.05, 3.63) is 29.8 Å². The third-order valence-corrected chi connectivity index (χ3v) is 3.08. The second-order valence-corrected chi connectivity index (χ2v) is 4.95. The summed E-state index contributed by atoms with van der Waals surface area (Å²) in [4.78, 5) is 2.20. The summed E-state index contributed by atoms with van der Waals surface area (Å²) >= 11 is 0. The Labute approximate surface area is 111 Å². The van der Waals surface area contributed by atoms with Crippen LogP contribution in [0.2, 0.25) is 0 Å². The molecule has 0 unspecified atom stereocenters. The third kappa shape index (κ3) is 4.67.